The Morgan fingerprint density at radius 3 is 2.25 bits per heavy atom. The Balaban J connectivity index is 2.15. The van der Waals surface area contributed by atoms with Crippen LogP contribution in [0.2, 0.25) is 0 Å². The number of hydrogen-bond donors (Lipinski definition) is 1. The number of esters is 1. The van der Waals surface area contributed by atoms with Crippen molar-refractivity contribution in [2.75, 3.05) is 12.4 Å². The van der Waals surface area contributed by atoms with Crippen LogP contribution in [0, 0.1) is 13.8 Å². The molecule has 0 aliphatic carbocycles. The summed E-state index contributed by atoms with van der Waals surface area (Å²) < 4.78 is 4.62. The molecule has 1 N–H and O–H groups in total. The lowest BCUT2D eigenvalue weighted by Gasteiger charge is -2.06. The van der Waals surface area contributed by atoms with E-state index in [0.717, 1.165) is 28.2 Å². The van der Waals surface area contributed by atoms with Crippen LogP contribution in [0.1, 0.15) is 30.5 Å². The van der Waals surface area contributed by atoms with Gasteiger partial charge in [-0.15, -0.1) is 11.3 Å². The number of rotatable bonds is 3. The van der Waals surface area contributed by atoms with E-state index in [1.54, 1.807) is 12.1 Å². The zero-order chi connectivity index (χ0) is 14.7. The Labute approximate surface area is 121 Å². The molecule has 104 valence electrons. The van der Waals surface area contributed by atoms with E-state index in [1.165, 1.54) is 7.11 Å². The number of ether oxygens (including phenoxy) is 1. The molecular formula is C15H15NO3S. The largest absolute Gasteiger partial charge is 0.465 e. The number of carbonyl (C=O) groups is 2. The summed E-state index contributed by atoms with van der Waals surface area (Å²) in [4.78, 5) is 24.4. The van der Waals surface area contributed by atoms with Crippen LogP contribution in [0.3, 0.4) is 0 Å². The lowest BCUT2D eigenvalue weighted by Crippen LogP contribution is -2.10. The maximum Gasteiger partial charge on any atom is 0.348 e. The third-order valence-corrected chi connectivity index (χ3v) is 3.76. The number of hydrogen-bond acceptors (Lipinski definition) is 4. The van der Waals surface area contributed by atoms with E-state index in [4.69, 9.17) is 0 Å². The normalized spacial score (nSPS) is 10.2. The van der Waals surface area contributed by atoms with Crippen molar-refractivity contribution in [3.05, 3.63) is 51.2 Å². The minimum atomic E-state index is -0.430. The van der Waals surface area contributed by atoms with Gasteiger partial charge in [0.25, 0.3) is 5.91 Å². The molecule has 1 amide bonds. The van der Waals surface area contributed by atoms with Gasteiger partial charge in [0.1, 0.15) is 4.88 Å². The predicted octanol–water partition coefficient (Wildman–Crippen LogP) is 3.40. The summed E-state index contributed by atoms with van der Waals surface area (Å²) in [5, 5.41) is 2.83. The van der Waals surface area contributed by atoms with Gasteiger partial charge in [-0.25, -0.2) is 4.79 Å². The first-order valence-electron chi connectivity index (χ1n) is 6.07. The van der Waals surface area contributed by atoms with Crippen LogP contribution in [0.15, 0.2) is 30.3 Å². The molecule has 0 aliphatic rings. The molecule has 0 saturated heterocycles. The van der Waals surface area contributed by atoms with E-state index >= 15 is 0 Å². The topological polar surface area (TPSA) is 55.4 Å². The lowest BCUT2D eigenvalue weighted by atomic mass is 10.1. The minimum absolute atomic E-state index is 0.227. The highest BCUT2D eigenvalue weighted by Gasteiger charge is 2.14. The summed E-state index contributed by atoms with van der Waals surface area (Å²) in [5.41, 5.74) is 2.92. The van der Waals surface area contributed by atoms with Gasteiger partial charge in [0.05, 0.1) is 12.0 Å². The van der Waals surface area contributed by atoms with Gasteiger partial charge in [0.15, 0.2) is 0 Å². The predicted molar refractivity (Wildman–Crippen MR) is 79.5 cm³/mol. The second kappa shape index (κ2) is 5.88. The lowest BCUT2D eigenvalue weighted by molar-refractivity contribution is 0.0606. The van der Waals surface area contributed by atoms with Gasteiger partial charge in [0, 0.05) is 5.69 Å². The monoisotopic (exact) mass is 289 g/mol. The van der Waals surface area contributed by atoms with Gasteiger partial charge < -0.3 is 10.1 Å². The highest BCUT2D eigenvalue weighted by Crippen LogP contribution is 2.20. The maximum atomic E-state index is 12.1. The zero-order valence-electron chi connectivity index (χ0n) is 11.5. The van der Waals surface area contributed by atoms with Crippen LogP contribution in [0.25, 0.3) is 0 Å². The Bertz CT molecular complexity index is 641. The number of aryl methyl sites for hydroxylation is 2. The van der Waals surface area contributed by atoms with Gasteiger partial charge >= 0.3 is 5.97 Å². The van der Waals surface area contributed by atoms with Gasteiger partial charge in [-0.1, -0.05) is 6.07 Å². The SMILES string of the molecule is COC(=O)c1ccc(C(=O)Nc2cc(C)cc(C)c2)s1. The van der Waals surface area contributed by atoms with Crippen molar-refractivity contribution in [2.24, 2.45) is 0 Å². The van der Waals surface area contributed by atoms with E-state index in [1.807, 2.05) is 32.0 Å². The first-order valence-corrected chi connectivity index (χ1v) is 6.89. The molecule has 0 radical (unpaired) electrons. The molecule has 2 aromatic rings. The molecule has 1 aromatic heterocycles. The average molecular weight is 289 g/mol. The number of carbonyl (C=O) groups excluding carboxylic acids is 2. The number of amides is 1. The van der Waals surface area contributed by atoms with E-state index in [-0.39, 0.29) is 5.91 Å². The number of nitrogens with one attached hydrogen (secondary N) is 1. The summed E-state index contributed by atoms with van der Waals surface area (Å²) in [5.74, 6) is -0.657. The van der Waals surface area contributed by atoms with Crippen molar-refractivity contribution in [3.8, 4) is 0 Å². The third kappa shape index (κ3) is 3.24. The van der Waals surface area contributed by atoms with Crippen molar-refractivity contribution in [2.45, 2.75) is 13.8 Å². The highest BCUT2D eigenvalue weighted by atomic mass is 32.1. The molecule has 0 bridgehead atoms. The van der Waals surface area contributed by atoms with E-state index in [9.17, 15) is 9.59 Å². The van der Waals surface area contributed by atoms with Crippen molar-refractivity contribution < 1.29 is 14.3 Å². The average Bonchev–Trinajstić information content (AvgIpc) is 2.86. The van der Waals surface area contributed by atoms with Crippen LogP contribution in [-0.2, 0) is 4.74 Å². The first kappa shape index (κ1) is 14.3. The van der Waals surface area contributed by atoms with Crippen molar-refractivity contribution >= 4 is 28.9 Å². The Morgan fingerprint density at radius 1 is 1.05 bits per heavy atom. The van der Waals surface area contributed by atoms with Crippen LogP contribution in [-0.4, -0.2) is 19.0 Å². The molecule has 0 unspecified atom stereocenters. The molecule has 4 nitrogen and oxygen atoms in total. The van der Waals surface area contributed by atoms with Crippen molar-refractivity contribution in [1.29, 1.82) is 0 Å². The smallest absolute Gasteiger partial charge is 0.348 e. The second-order valence-corrected chi connectivity index (χ2v) is 5.57. The Kier molecular flexibility index (Phi) is 4.20. The fraction of sp³-hybridized carbons (Fsp3) is 0.200. The minimum Gasteiger partial charge on any atom is -0.465 e. The van der Waals surface area contributed by atoms with E-state index < -0.39 is 5.97 Å². The molecule has 20 heavy (non-hydrogen) atoms. The van der Waals surface area contributed by atoms with Gasteiger partial charge in [-0.3, -0.25) is 4.79 Å². The molecule has 2 rings (SSSR count). The molecule has 0 saturated carbocycles. The van der Waals surface area contributed by atoms with E-state index in [2.05, 4.69) is 10.1 Å². The molecule has 0 spiro atoms. The number of anilines is 1. The molecule has 1 heterocycles. The summed E-state index contributed by atoms with van der Waals surface area (Å²) in [6.07, 6.45) is 0. The number of benzene rings is 1. The Hall–Kier alpha value is -2.14. The molecule has 5 heteroatoms. The summed E-state index contributed by atoms with van der Waals surface area (Å²) >= 11 is 1.11. The third-order valence-electron chi connectivity index (χ3n) is 2.70. The van der Waals surface area contributed by atoms with Crippen LogP contribution >= 0.6 is 11.3 Å². The fourth-order valence-corrected chi connectivity index (χ4v) is 2.73. The van der Waals surface area contributed by atoms with Crippen LogP contribution < -0.4 is 5.32 Å². The van der Waals surface area contributed by atoms with Gasteiger partial charge in [0.2, 0.25) is 0 Å². The highest BCUT2D eigenvalue weighted by molar-refractivity contribution is 7.16. The number of methoxy groups -OCH3 is 1. The van der Waals surface area contributed by atoms with Crippen LogP contribution in [0.4, 0.5) is 5.69 Å². The molecule has 0 aliphatic heterocycles. The molecular weight excluding hydrogens is 274 g/mol. The quantitative estimate of drug-likeness (QED) is 0.881. The van der Waals surface area contributed by atoms with Gasteiger partial charge in [-0.05, 0) is 49.2 Å². The zero-order valence-corrected chi connectivity index (χ0v) is 12.3. The molecule has 1 aromatic carbocycles. The Morgan fingerprint density at radius 2 is 1.65 bits per heavy atom. The van der Waals surface area contributed by atoms with Gasteiger partial charge in [-0.2, -0.15) is 0 Å². The van der Waals surface area contributed by atoms with Crippen molar-refractivity contribution in [1.82, 2.24) is 0 Å². The van der Waals surface area contributed by atoms with E-state index in [0.29, 0.717) is 9.75 Å². The summed E-state index contributed by atoms with van der Waals surface area (Å²) in [6.45, 7) is 3.95. The van der Waals surface area contributed by atoms with Crippen LogP contribution in [0.5, 0.6) is 0 Å². The first-order chi connectivity index (χ1) is 9.49. The molecule has 0 atom stereocenters. The van der Waals surface area contributed by atoms with Crippen molar-refractivity contribution in [3.63, 3.8) is 0 Å². The fourth-order valence-electron chi connectivity index (χ4n) is 1.91. The second-order valence-electron chi connectivity index (χ2n) is 4.49. The number of thiophene rings is 1. The summed E-state index contributed by atoms with van der Waals surface area (Å²) in [7, 11) is 1.32. The maximum absolute atomic E-state index is 12.1. The summed E-state index contributed by atoms with van der Waals surface area (Å²) in [6, 6.07) is 9.05. The molecule has 0 fully saturated rings. The standard InChI is InChI=1S/C15H15NO3S/c1-9-6-10(2)8-11(7-9)16-14(17)12-4-5-13(20-12)15(18)19-3/h4-8H,1-3H3,(H,16,17).